The van der Waals surface area contributed by atoms with Gasteiger partial charge in [-0.15, -0.1) is 0 Å². The molecule has 2 N–H and O–H groups in total. The van der Waals surface area contributed by atoms with Crippen molar-refractivity contribution in [3.8, 4) is 22.5 Å². The molecule has 12 heteroatoms. The topological polar surface area (TPSA) is 141 Å². The van der Waals surface area contributed by atoms with Crippen LogP contribution in [0.1, 0.15) is 52.6 Å². The first-order chi connectivity index (χ1) is 27.5. The molecule has 3 heterocycles. The Labute approximate surface area is 328 Å². The Bertz CT molecular complexity index is 2660. The van der Waals surface area contributed by atoms with Crippen LogP contribution in [-0.2, 0) is 13.1 Å². The minimum absolute atomic E-state index is 0.0565. The van der Waals surface area contributed by atoms with Crippen LogP contribution in [0.4, 0.5) is 27.1 Å². The number of ketones is 2. The highest BCUT2D eigenvalue weighted by molar-refractivity contribution is 6.06. The highest BCUT2D eigenvalue weighted by Gasteiger charge is 2.24. The van der Waals surface area contributed by atoms with Crippen molar-refractivity contribution in [3.63, 3.8) is 0 Å². The number of nitrogens with one attached hydrogen (secondary N) is 2. The van der Waals surface area contributed by atoms with Crippen molar-refractivity contribution in [1.82, 2.24) is 24.5 Å². The van der Waals surface area contributed by atoms with Crippen LogP contribution in [-0.4, -0.2) is 36.1 Å². The van der Waals surface area contributed by atoms with Crippen LogP contribution < -0.4 is 21.8 Å². The number of hydrogen-bond acceptors (Lipinski definition) is 9. The van der Waals surface area contributed by atoms with Crippen LogP contribution >= 0.6 is 0 Å². The summed E-state index contributed by atoms with van der Waals surface area (Å²) in [6.07, 6.45) is 3.27. The zero-order valence-corrected chi connectivity index (χ0v) is 31.9. The molecule has 0 saturated carbocycles. The molecule has 3 aromatic heterocycles. The molecule has 0 fully saturated rings. The molecule has 0 unspecified atom stereocenters. The van der Waals surface area contributed by atoms with E-state index < -0.39 is 11.4 Å². The van der Waals surface area contributed by atoms with E-state index in [2.05, 4.69) is 25.8 Å². The van der Waals surface area contributed by atoms with E-state index in [1.165, 1.54) is 41.4 Å². The number of halogens is 1. The molecule has 0 aliphatic rings. The first kappa shape index (κ1) is 39.4. The number of aryl methyl sites for hydroxylation is 2. The lowest BCUT2D eigenvalue weighted by Crippen LogP contribution is -2.29. The van der Waals surface area contributed by atoms with Gasteiger partial charge in [0.1, 0.15) is 28.6 Å². The summed E-state index contributed by atoms with van der Waals surface area (Å²) in [7, 11) is 0. The molecule has 0 radical (unpaired) electrons. The average Bonchev–Trinajstić information content (AvgIpc) is 3.21. The zero-order chi connectivity index (χ0) is 40.5. The molecule has 0 spiro atoms. The summed E-state index contributed by atoms with van der Waals surface area (Å²) in [6.45, 7) is 7.28. The number of aromatic nitrogens is 5. The lowest BCUT2D eigenvalue weighted by atomic mass is 10.0. The van der Waals surface area contributed by atoms with Gasteiger partial charge in [-0.25, -0.2) is 13.8 Å². The summed E-state index contributed by atoms with van der Waals surface area (Å²) in [4.78, 5) is 55.3. The van der Waals surface area contributed by atoms with Crippen LogP contribution in [0.3, 0.4) is 0 Å². The number of carbonyl (C=O) groups excluding carboxylic acids is 2. The molecule has 57 heavy (non-hydrogen) atoms. The summed E-state index contributed by atoms with van der Waals surface area (Å²) in [6, 6.07) is 35.6. The first-order valence-electron chi connectivity index (χ1n) is 18.2. The number of anilines is 4. The quantitative estimate of drug-likeness (QED) is 0.124. The van der Waals surface area contributed by atoms with Gasteiger partial charge < -0.3 is 10.6 Å². The largest absolute Gasteiger partial charge is 0.350 e. The predicted molar refractivity (Wildman–Crippen MR) is 221 cm³/mol. The number of rotatable bonds is 11. The Morgan fingerprint density at radius 2 is 1.12 bits per heavy atom. The third-order valence-electron chi connectivity index (χ3n) is 8.87. The number of benzene rings is 4. The number of hydrogen-bond donors (Lipinski definition) is 2. The van der Waals surface area contributed by atoms with E-state index >= 15 is 0 Å². The minimum atomic E-state index is -0.481. The molecule has 0 aliphatic carbocycles. The normalized spacial score (nSPS) is 10.6. The van der Waals surface area contributed by atoms with E-state index in [0.717, 1.165) is 22.4 Å². The third kappa shape index (κ3) is 9.31. The van der Waals surface area contributed by atoms with Gasteiger partial charge >= 0.3 is 0 Å². The molecule has 0 bridgehead atoms. The molecule has 11 nitrogen and oxygen atoms in total. The lowest BCUT2D eigenvalue weighted by Gasteiger charge is -2.17. The predicted octanol–water partition coefficient (Wildman–Crippen LogP) is 8.62. The molecule has 4 aromatic carbocycles. The van der Waals surface area contributed by atoms with Crippen molar-refractivity contribution in [1.29, 1.82) is 0 Å². The number of pyridine rings is 1. The SMILES string of the molecule is CC(=O)c1c(-c2ccccc2)nn(Cc2ccncc2)c(=O)c1Nc1cccc(F)c1.CCn1nc(-c2ccccc2)c(C(C)=O)c(Nc2cccc(C)c2)c1=O. The van der Waals surface area contributed by atoms with Crippen molar-refractivity contribution in [2.75, 3.05) is 10.6 Å². The van der Waals surface area contributed by atoms with Gasteiger partial charge in [-0.3, -0.25) is 24.2 Å². The van der Waals surface area contributed by atoms with Crippen LogP contribution in [0.5, 0.6) is 0 Å². The number of carbonyl (C=O) groups is 2. The molecule has 0 atom stereocenters. The second-order valence-electron chi connectivity index (χ2n) is 13.1. The fourth-order valence-corrected chi connectivity index (χ4v) is 6.22. The lowest BCUT2D eigenvalue weighted by molar-refractivity contribution is 0.101. The van der Waals surface area contributed by atoms with E-state index in [1.807, 2.05) is 98.8 Å². The van der Waals surface area contributed by atoms with Crippen molar-refractivity contribution in [2.45, 2.75) is 40.8 Å². The van der Waals surface area contributed by atoms with Crippen LogP contribution in [0, 0.1) is 12.7 Å². The summed E-state index contributed by atoms with van der Waals surface area (Å²) in [5.74, 6) is -0.978. The highest BCUT2D eigenvalue weighted by Crippen LogP contribution is 2.29. The summed E-state index contributed by atoms with van der Waals surface area (Å²) in [5, 5.41) is 15.1. The fourth-order valence-electron chi connectivity index (χ4n) is 6.22. The van der Waals surface area contributed by atoms with E-state index in [9.17, 15) is 23.6 Å². The average molecular weight is 762 g/mol. The maximum absolute atomic E-state index is 13.7. The van der Waals surface area contributed by atoms with E-state index in [4.69, 9.17) is 0 Å². The van der Waals surface area contributed by atoms with Gasteiger partial charge in [-0.05, 0) is 81.3 Å². The highest BCUT2D eigenvalue weighted by atomic mass is 19.1. The smallest absolute Gasteiger partial charge is 0.291 e. The molecule has 0 aliphatic heterocycles. The standard InChI is InChI=1S/C24H19FN4O2.C21H21N3O2/c1-16(30)21-22(18-6-3-2-4-7-18)28-29(15-17-10-12-26-13-11-17)24(31)23(21)27-20-9-5-8-19(25)14-20;1-4-24-21(26)20(22-17-12-8-9-14(2)13-17)18(15(3)25)19(23-24)16-10-6-5-7-11-16/h2-14,27H,15H2,1H3;5-13,22H,4H2,1-3H3. The number of nitrogens with zero attached hydrogens (tertiary/aromatic N) is 5. The Balaban J connectivity index is 0.000000196. The Morgan fingerprint density at radius 3 is 1.61 bits per heavy atom. The molecule has 286 valence electrons. The van der Waals surface area contributed by atoms with Gasteiger partial charge in [0.05, 0.1) is 17.7 Å². The monoisotopic (exact) mass is 761 g/mol. The van der Waals surface area contributed by atoms with E-state index in [1.54, 1.807) is 30.6 Å². The van der Waals surface area contributed by atoms with E-state index in [-0.39, 0.29) is 40.6 Å². The molecule has 7 rings (SSSR count). The fraction of sp³-hybridized carbons (Fsp3) is 0.133. The van der Waals surface area contributed by atoms with Crippen LogP contribution in [0.25, 0.3) is 22.5 Å². The Hall–Kier alpha value is -7.34. The summed E-state index contributed by atoms with van der Waals surface area (Å²) >= 11 is 0. The second kappa shape index (κ2) is 17.9. The molecule has 7 aromatic rings. The van der Waals surface area contributed by atoms with Gasteiger partial charge in [0.25, 0.3) is 11.1 Å². The van der Waals surface area contributed by atoms with Gasteiger partial charge in [0, 0.05) is 41.4 Å². The zero-order valence-electron chi connectivity index (χ0n) is 31.9. The van der Waals surface area contributed by atoms with Gasteiger partial charge in [-0.2, -0.15) is 10.2 Å². The minimum Gasteiger partial charge on any atom is -0.350 e. The van der Waals surface area contributed by atoms with Crippen molar-refractivity contribution in [3.05, 3.63) is 182 Å². The van der Waals surface area contributed by atoms with Crippen molar-refractivity contribution in [2.24, 2.45) is 0 Å². The maximum atomic E-state index is 13.7. The Morgan fingerprint density at radius 1 is 0.632 bits per heavy atom. The summed E-state index contributed by atoms with van der Waals surface area (Å²) < 4.78 is 16.4. The van der Waals surface area contributed by atoms with Crippen molar-refractivity contribution >= 4 is 34.3 Å². The molecule has 0 saturated heterocycles. The molecule has 0 amide bonds. The van der Waals surface area contributed by atoms with Crippen LogP contribution in [0.2, 0.25) is 0 Å². The maximum Gasteiger partial charge on any atom is 0.291 e. The third-order valence-corrected chi connectivity index (χ3v) is 8.87. The summed E-state index contributed by atoms with van der Waals surface area (Å²) in [5.41, 5.74) is 5.39. The van der Waals surface area contributed by atoms with Gasteiger partial charge in [-0.1, -0.05) is 78.9 Å². The van der Waals surface area contributed by atoms with Gasteiger partial charge in [0.2, 0.25) is 0 Å². The van der Waals surface area contributed by atoms with Gasteiger partial charge in [0.15, 0.2) is 11.6 Å². The Kier molecular flexibility index (Phi) is 12.3. The molecular weight excluding hydrogens is 722 g/mol. The number of Topliss-reactive ketones (excluding diaryl/α,β-unsaturated/α-hetero) is 2. The molecular formula is C45H40FN7O4. The first-order valence-corrected chi connectivity index (χ1v) is 18.2. The van der Waals surface area contributed by atoms with Crippen LogP contribution in [0.15, 0.2) is 143 Å². The second-order valence-corrected chi connectivity index (χ2v) is 13.1. The van der Waals surface area contributed by atoms with E-state index in [0.29, 0.717) is 34.7 Å². The van der Waals surface area contributed by atoms with Crippen molar-refractivity contribution < 1.29 is 14.0 Å².